The minimum Gasteiger partial charge on any atom is -0.396 e. The van der Waals surface area contributed by atoms with Gasteiger partial charge in [0.1, 0.15) is 5.82 Å². The van der Waals surface area contributed by atoms with Crippen LogP contribution in [-0.2, 0) is 0 Å². The molecule has 0 radical (unpaired) electrons. The SMILES string of the molecule is NC(CCO)c1cc(F)ccc1I. The Balaban J connectivity index is 2.91. The predicted molar refractivity (Wildman–Crippen MR) is 57.7 cm³/mol. The van der Waals surface area contributed by atoms with Gasteiger partial charge in [0.25, 0.3) is 0 Å². The van der Waals surface area contributed by atoms with E-state index in [0.717, 1.165) is 9.13 Å². The van der Waals surface area contributed by atoms with E-state index in [1.165, 1.54) is 12.1 Å². The molecule has 0 aliphatic heterocycles. The lowest BCUT2D eigenvalue weighted by molar-refractivity contribution is 0.276. The highest BCUT2D eigenvalue weighted by atomic mass is 127. The Morgan fingerprint density at radius 1 is 1.54 bits per heavy atom. The average Bonchev–Trinajstić information content (AvgIpc) is 2.09. The molecule has 1 rings (SSSR count). The summed E-state index contributed by atoms with van der Waals surface area (Å²) in [6.45, 7) is 0.0216. The third-order valence-corrected chi connectivity index (χ3v) is 2.78. The number of benzene rings is 1. The second kappa shape index (κ2) is 4.88. The van der Waals surface area contributed by atoms with Gasteiger partial charge in [-0.05, 0) is 52.8 Å². The summed E-state index contributed by atoms with van der Waals surface area (Å²) in [5.74, 6) is -0.288. The van der Waals surface area contributed by atoms with Crippen LogP contribution in [0.3, 0.4) is 0 Å². The zero-order valence-electron chi connectivity index (χ0n) is 7.00. The van der Waals surface area contributed by atoms with Crippen LogP contribution in [0.4, 0.5) is 4.39 Å². The van der Waals surface area contributed by atoms with Crippen molar-refractivity contribution in [1.29, 1.82) is 0 Å². The van der Waals surface area contributed by atoms with Crippen LogP contribution in [0.1, 0.15) is 18.0 Å². The molecular formula is C9H11FINO. The molecule has 0 saturated carbocycles. The first-order chi connectivity index (χ1) is 6.15. The van der Waals surface area contributed by atoms with Crippen molar-refractivity contribution < 1.29 is 9.50 Å². The van der Waals surface area contributed by atoms with Gasteiger partial charge >= 0.3 is 0 Å². The summed E-state index contributed by atoms with van der Waals surface area (Å²) in [4.78, 5) is 0. The molecule has 0 heterocycles. The van der Waals surface area contributed by atoms with Crippen molar-refractivity contribution in [3.8, 4) is 0 Å². The lowest BCUT2D eigenvalue weighted by atomic mass is 10.1. The van der Waals surface area contributed by atoms with Gasteiger partial charge in [0, 0.05) is 16.2 Å². The molecule has 72 valence electrons. The lowest BCUT2D eigenvalue weighted by Crippen LogP contribution is -2.13. The summed E-state index contributed by atoms with van der Waals surface area (Å²) in [5.41, 5.74) is 6.50. The van der Waals surface area contributed by atoms with Gasteiger partial charge in [-0.1, -0.05) is 0 Å². The molecule has 0 fully saturated rings. The number of nitrogens with two attached hydrogens (primary N) is 1. The molecule has 3 N–H and O–H groups in total. The monoisotopic (exact) mass is 295 g/mol. The second-order valence-electron chi connectivity index (χ2n) is 2.78. The minimum absolute atomic E-state index is 0.0216. The summed E-state index contributed by atoms with van der Waals surface area (Å²) in [5, 5.41) is 8.68. The van der Waals surface area contributed by atoms with Crippen molar-refractivity contribution >= 4 is 22.6 Å². The fourth-order valence-corrected chi connectivity index (χ4v) is 1.83. The van der Waals surface area contributed by atoms with Crippen molar-refractivity contribution in [2.45, 2.75) is 12.5 Å². The van der Waals surface area contributed by atoms with E-state index in [1.54, 1.807) is 6.07 Å². The molecule has 2 nitrogen and oxygen atoms in total. The Morgan fingerprint density at radius 2 is 2.23 bits per heavy atom. The van der Waals surface area contributed by atoms with E-state index >= 15 is 0 Å². The Labute approximate surface area is 90.1 Å². The highest BCUT2D eigenvalue weighted by Gasteiger charge is 2.09. The van der Waals surface area contributed by atoms with Gasteiger partial charge in [-0.15, -0.1) is 0 Å². The molecule has 0 aliphatic carbocycles. The summed E-state index contributed by atoms with van der Waals surface area (Å²) in [6.07, 6.45) is 0.458. The Kier molecular flexibility index (Phi) is 4.08. The normalized spacial score (nSPS) is 12.9. The van der Waals surface area contributed by atoms with Gasteiger partial charge in [-0.25, -0.2) is 4.39 Å². The fraction of sp³-hybridized carbons (Fsp3) is 0.333. The molecule has 13 heavy (non-hydrogen) atoms. The van der Waals surface area contributed by atoms with Gasteiger partial charge in [-0.2, -0.15) is 0 Å². The molecule has 1 aromatic rings. The quantitative estimate of drug-likeness (QED) is 0.836. The molecule has 0 spiro atoms. The van der Waals surface area contributed by atoms with Gasteiger partial charge in [-0.3, -0.25) is 0 Å². The lowest BCUT2D eigenvalue weighted by Gasteiger charge is -2.12. The molecule has 4 heteroatoms. The number of rotatable bonds is 3. The molecule has 1 atom stereocenters. The van der Waals surface area contributed by atoms with Crippen molar-refractivity contribution in [1.82, 2.24) is 0 Å². The maximum atomic E-state index is 12.8. The number of halogens is 2. The summed E-state index contributed by atoms with van der Waals surface area (Å²) in [6, 6.07) is 4.22. The van der Waals surface area contributed by atoms with Crippen LogP contribution in [0, 0.1) is 9.39 Å². The smallest absolute Gasteiger partial charge is 0.123 e. The number of aliphatic hydroxyl groups excluding tert-OH is 1. The third kappa shape index (κ3) is 2.89. The summed E-state index contributed by atoms with van der Waals surface area (Å²) in [7, 11) is 0. The zero-order valence-corrected chi connectivity index (χ0v) is 9.16. The summed E-state index contributed by atoms with van der Waals surface area (Å²) >= 11 is 2.10. The molecule has 0 aliphatic rings. The van der Waals surface area contributed by atoms with Crippen LogP contribution in [0.2, 0.25) is 0 Å². The van der Waals surface area contributed by atoms with Crippen molar-refractivity contribution in [3.05, 3.63) is 33.1 Å². The van der Waals surface area contributed by atoms with Crippen LogP contribution in [0.5, 0.6) is 0 Å². The van der Waals surface area contributed by atoms with Gasteiger partial charge < -0.3 is 10.8 Å². The number of aliphatic hydroxyl groups is 1. The van der Waals surface area contributed by atoms with Gasteiger partial charge in [0.2, 0.25) is 0 Å². The van der Waals surface area contributed by atoms with Crippen LogP contribution >= 0.6 is 22.6 Å². The van der Waals surface area contributed by atoms with E-state index in [-0.39, 0.29) is 18.5 Å². The minimum atomic E-state index is -0.288. The molecule has 0 amide bonds. The molecule has 0 bridgehead atoms. The topological polar surface area (TPSA) is 46.2 Å². The maximum absolute atomic E-state index is 12.8. The average molecular weight is 295 g/mol. The van der Waals surface area contributed by atoms with Crippen molar-refractivity contribution in [3.63, 3.8) is 0 Å². The highest BCUT2D eigenvalue weighted by molar-refractivity contribution is 14.1. The molecule has 0 saturated heterocycles. The van der Waals surface area contributed by atoms with Gasteiger partial charge in [0.15, 0.2) is 0 Å². The first kappa shape index (κ1) is 10.9. The van der Waals surface area contributed by atoms with E-state index < -0.39 is 0 Å². The highest BCUT2D eigenvalue weighted by Crippen LogP contribution is 2.21. The van der Waals surface area contributed by atoms with Crippen molar-refractivity contribution in [2.24, 2.45) is 5.73 Å². The Bertz CT molecular complexity index is 293. The zero-order chi connectivity index (χ0) is 9.84. The standard InChI is InChI=1S/C9H11FINO/c10-6-1-2-8(11)7(5-6)9(12)3-4-13/h1-2,5,9,13H,3-4,12H2. The van der Waals surface area contributed by atoms with E-state index in [0.29, 0.717) is 6.42 Å². The third-order valence-electron chi connectivity index (χ3n) is 1.80. The molecular weight excluding hydrogens is 284 g/mol. The fourth-order valence-electron chi connectivity index (χ4n) is 1.09. The second-order valence-corrected chi connectivity index (χ2v) is 3.95. The Morgan fingerprint density at radius 3 is 2.85 bits per heavy atom. The predicted octanol–water partition coefficient (Wildman–Crippen LogP) is 1.81. The van der Waals surface area contributed by atoms with Crippen LogP contribution in [-0.4, -0.2) is 11.7 Å². The van der Waals surface area contributed by atoms with Crippen LogP contribution in [0.15, 0.2) is 18.2 Å². The maximum Gasteiger partial charge on any atom is 0.123 e. The number of hydrogen-bond donors (Lipinski definition) is 2. The van der Waals surface area contributed by atoms with Crippen LogP contribution in [0.25, 0.3) is 0 Å². The van der Waals surface area contributed by atoms with E-state index in [4.69, 9.17) is 10.8 Å². The van der Waals surface area contributed by atoms with E-state index in [9.17, 15) is 4.39 Å². The van der Waals surface area contributed by atoms with E-state index in [1.807, 2.05) is 0 Å². The summed E-state index contributed by atoms with van der Waals surface area (Å²) < 4.78 is 13.8. The number of hydrogen-bond acceptors (Lipinski definition) is 2. The van der Waals surface area contributed by atoms with Crippen LogP contribution < -0.4 is 5.73 Å². The molecule has 0 aromatic heterocycles. The molecule has 1 aromatic carbocycles. The van der Waals surface area contributed by atoms with Crippen molar-refractivity contribution in [2.75, 3.05) is 6.61 Å². The Hall–Kier alpha value is -0.200. The first-order valence-corrected chi connectivity index (χ1v) is 5.04. The van der Waals surface area contributed by atoms with E-state index in [2.05, 4.69) is 22.6 Å². The largest absolute Gasteiger partial charge is 0.396 e. The first-order valence-electron chi connectivity index (χ1n) is 3.96. The van der Waals surface area contributed by atoms with Gasteiger partial charge in [0.05, 0.1) is 0 Å². The molecule has 1 unspecified atom stereocenters.